The average molecular weight is 255 g/mol. The quantitative estimate of drug-likeness (QED) is 0.675. The molecule has 1 aliphatic rings. The number of carbonyl (C=O) groups excluding carboxylic acids is 2. The second kappa shape index (κ2) is 6.73. The molecule has 0 saturated heterocycles. The molecule has 0 aromatic rings. The van der Waals surface area contributed by atoms with Gasteiger partial charge in [0.15, 0.2) is 0 Å². The average Bonchev–Trinajstić information content (AvgIpc) is 2.26. The molecule has 0 aliphatic heterocycles. The van der Waals surface area contributed by atoms with E-state index in [-0.39, 0.29) is 29.9 Å². The molecule has 0 spiro atoms. The molecule has 1 rings (SSSR count). The van der Waals surface area contributed by atoms with Crippen LogP contribution in [0.1, 0.15) is 52.4 Å². The van der Waals surface area contributed by atoms with Gasteiger partial charge in [0.1, 0.15) is 0 Å². The van der Waals surface area contributed by atoms with Gasteiger partial charge in [-0.2, -0.15) is 0 Å². The van der Waals surface area contributed by atoms with Crippen molar-refractivity contribution in [2.24, 2.45) is 5.73 Å². The Hall–Kier alpha value is -1.10. The van der Waals surface area contributed by atoms with Gasteiger partial charge < -0.3 is 16.4 Å². The van der Waals surface area contributed by atoms with Gasteiger partial charge in [-0.05, 0) is 26.7 Å². The predicted octanol–water partition coefficient (Wildman–Crippen LogP) is 0.679. The molecule has 18 heavy (non-hydrogen) atoms. The van der Waals surface area contributed by atoms with Crippen LogP contribution in [0.2, 0.25) is 0 Å². The van der Waals surface area contributed by atoms with Crippen LogP contribution in [0, 0.1) is 0 Å². The lowest BCUT2D eigenvalue weighted by Gasteiger charge is -2.32. The van der Waals surface area contributed by atoms with Gasteiger partial charge in [0, 0.05) is 18.0 Å². The first-order valence-corrected chi connectivity index (χ1v) is 6.76. The van der Waals surface area contributed by atoms with E-state index in [4.69, 9.17) is 5.73 Å². The first-order valence-electron chi connectivity index (χ1n) is 6.76. The maximum Gasteiger partial charge on any atom is 0.239 e. The third kappa shape index (κ3) is 5.49. The highest BCUT2D eigenvalue weighted by molar-refractivity contribution is 5.85. The maximum atomic E-state index is 11.7. The van der Waals surface area contributed by atoms with E-state index in [0.717, 1.165) is 25.7 Å². The molecule has 1 saturated carbocycles. The van der Waals surface area contributed by atoms with Gasteiger partial charge in [0.2, 0.25) is 11.8 Å². The molecule has 1 fully saturated rings. The van der Waals surface area contributed by atoms with Crippen molar-refractivity contribution in [3.8, 4) is 0 Å². The minimum atomic E-state index is -0.364. The summed E-state index contributed by atoms with van der Waals surface area (Å²) in [5, 5.41) is 5.36. The molecule has 5 heteroatoms. The molecule has 104 valence electrons. The molecule has 0 heterocycles. The molecule has 0 aromatic heterocycles. The number of hydrogen-bond acceptors (Lipinski definition) is 3. The summed E-state index contributed by atoms with van der Waals surface area (Å²) >= 11 is 0. The normalized spacial score (nSPS) is 18.4. The van der Waals surface area contributed by atoms with Gasteiger partial charge in [0.25, 0.3) is 0 Å². The second-order valence-corrected chi connectivity index (χ2v) is 5.60. The second-order valence-electron chi connectivity index (χ2n) is 5.60. The van der Waals surface area contributed by atoms with Crippen LogP contribution in [0.15, 0.2) is 0 Å². The first kappa shape index (κ1) is 15.0. The number of amides is 2. The molecule has 2 amide bonds. The van der Waals surface area contributed by atoms with Gasteiger partial charge in [-0.3, -0.25) is 9.59 Å². The van der Waals surface area contributed by atoms with E-state index < -0.39 is 0 Å². The van der Waals surface area contributed by atoms with Gasteiger partial charge in [-0.25, -0.2) is 0 Å². The largest absolute Gasteiger partial charge is 0.352 e. The summed E-state index contributed by atoms with van der Waals surface area (Å²) in [4.78, 5) is 23.1. The van der Waals surface area contributed by atoms with Crippen molar-refractivity contribution in [1.29, 1.82) is 0 Å². The topological polar surface area (TPSA) is 84.2 Å². The van der Waals surface area contributed by atoms with Crippen molar-refractivity contribution >= 4 is 11.8 Å². The van der Waals surface area contributed by atoms with Gasteiger partial charge in [0.05, 0.1) is 6.54 Å². The Labute approximate surface area is 109 Å². The zero-order valence-corrected chi connectivity index (χ0v) is 11.4. The Morgan fingerprint density at radius 2 is 1.78 bits per heavy atom. The number of nitrogens with one attached hydrogen (secondary N) is 2. The standard InChI is InChI=1S/C13H25N3O2/c1-10(2)16-12(18)9-15-11(17)8-13(14)6-4-3-5-7-13/h10H,3-9,14H2,1-2H3,(H,15,17)(H,16,18). The van der Waals surface area contributed by atoms with Crippen LogP contribution < -0.4 is 16.4 Å². The zero-order chi connectivity index (χ0) is 13.6. The number of carbonyl (C=O) groups is 2. The lowest BCUT2D eigenvalue weighted by Crippen LogP contribution is -2.47. The van der Waals surface area contributed by atoms with Crippen molar-refractivity contribution in [1.82, 2.24) is 10.6 Å². The van der Waals surface area contributed by atoms with E-state index in [9.17, 15) is 9.59 Å². The maximum absolute atomic E-state index is 11.7. The molecule has 0 bridgehead atoms. The highest BCUT2D eigenvalue weighted by Crippen LogP contribution is 2.28. The fraction of sp³-hybridized carbons (Fsp3) is 0.846. The molecule has 0 aromatic carbocycles. The van der Waals surface area contributed by atoms with Gasteiger partial charge in [-0.1, -0.05) is 19.3 Å². The van der Waals surface area contributed by atoms with E-state index in [0.29, 0.717) is 6.42 Å². The van der Waals surface area contributed by atoms with Crippen LogP contribution in [-0.2, 0) is 9.59 Å². The predicted molar refractivity (Wildman–Crippen MR) is 70.9 cm³/mol. The van der Waals surface area contributed by atoms with Crippen LogP contribution in [0.5, 0.6) is 0 Å². The molecule has 1 aliphatic carbocycles. The molecular weight excluding hydrogens is 230 g/mol. The number of rotatable bonds is 5. The molecule has 0 radical (unpaired) electrons. The highest BCUT2D eigenvalue weighted by Gasteiger charge is 2.29. The van der Waals surface area contributed by atoms with Crippen LogP contribution in [0.4, 0.5) is 0 Å². The fourth-order valence-electron chi connectivity index (χ4n) is 2.37. The summed E-state index contributed by atoms with van der Waals surface area (Å²) in [5.74, 6) is -0.286. The van der Waals surface area contributed by atoms with Crippen molar-refractivity contribution in [3.05, 3.63) is 0 Å². The third-order valence-electron chi connectivity index (χ3n) is 3.26. The molecular formula is C13H25N3O2. The zero-order valence-electron chi connectivity index (χ0n) is 11.4. The minimum Gasteiger partial charge on any atom is -0.352 e. The lowest BCUT2D eigenvalue weighted by molar-refractivity contribution is -0.127. The van der Waals surface area contributed by atoms with Gasteiger partial charge in [-0.15, -0.1) is 0 Å². The van der Waals surface area contributed by atoms with Crippen molar-refractivity contribution in [3.63, 3.8) is 0 Å². The van der Waals surface area contributed by atoms with Crippen LogP contribution in [-0.4, -0.2) is 29.9 Å². The Morgan fingerprint density at radius 1 is 1.17 bits per heavy atom. The van der Waals surface area contributed by atoms with Crippen LogP contribution >= 0.6 is 0 Å². The first-order chi connectivity index (χ1) is 8.41. The highest BCUT2D eigenvalue weighted by atomic mass is 16.2. The smallest absolute Gasteiger partial charge is 0.239 e. The third-order valence-corrected chi connectivity index (χ3v) is 3.26. The van der Waals surface area contributed by atoms with Crippen molar-refractivity contribution in [2.45, 2.75) is 64.0 Å². The minimum absolute atomic E-state index is 0.0348. The number of hydrogen-bond donors (Lipinski definition) is 3. The molecule has 0 unspecified atom stereocenters. The Kier molecular flexibility index (Phi) is 5.59. The lowest BCUT2D eigenvalue weighted by atomic mass is 9.80. The SMILES string of the molecule is CC(C)NC(=O)CNC(=O)CC1(N)CCCCC1. The van der Waals surface area contributed by atoms with E-state index in [1.807, 2.05) is 13.8 Å². The van der Waals surface area contributed by atoms with Crippen molar-refractivity contribution < 1.29 is 9.59 Å². The Balaban J connectivity index is 2.26. The van der Waals surface area contributed by atoms with E-state index in [2.05, 4.69) is 10.6 Å². The monoisotopic (exact) mass is 255 g/mol. The molecule has 5 nitrogen and oxygen atoms in total. The molecule has 4 N–H and O–H groups in total. The van der Waals surface area contributed by atoms with Crippen LogP contribution in [0.25, 0.3) is 0 Å². The molecule has 0 atom stereocenters. The van der Waals surface area contributed by atoms with Crippen molar-refractivity contribution in [2.75, 3.05) is 6.54 Å². The summed E-state index contributed by atoms with van der Waals surface area (Å²) in [6, 6.07) is 0.0913. The van der Waals surface area contributed by atoms with E-state index in [1.165, 1.54) is 6.42 Å². The Morgan fingerprint density at radius 3 is 2.33 bits per heavy atom. The summed E-state index contributed by atoms with van der Waals surface area (Å²) in [6.45, 7) is 3.81. The summed E-state index contributed by atoms with van der Waals surface area (Å²) in [7, 11) is 0. The summed E-state index contributed by atoms with van der Waals surface area (Å²) in [5.41, 5.74) is 5.82. The fourth-order valence-corrected chi connectivity index (χ4v) is 2.37. The van der Waals surface area contributed by atoms with Gasteiger partial charge >= 0.3 is 0 Å². The summed E-state index contributed by atoms with van der Waals surface area (Å²) in [6.07, 6.45) is 5.52. The van der Waals surface area contributed by atoms with E-state index >= 15 is 0 Å². The van der Waals surface area contributed by atoms with E-state index in [1.54, 1.807) is 0 Å². The Bertz CT molecular complexity index is 297. The summed E-state index contributed by atoms with van der Waals surface area (Å²) < 4.78 is 0. The van der Waals surface area contributed by atoms with Crippen LogP contribution in [0.3, 0.4) is 0 Å². The number of nitrogens with two attached hydrogens (primary N) is 1.